The van der Waals surface area contributed by atoms with Crippen LogP contribution in [-0.4, -0.2) is 15.0 Å². The largest absolute Gasteiger partial charge is 0.399 e. The summed E-state index contributed by atoms with van der Waals surface area (Å²) in [6.45, 7) is 2.29. The molecule has 1 aliphatic rings. The van der Waals surface area contributed by atoms with Crippen LogP contribution in [0.3, 0.4) is 0 Å². The quantitative estimate of drug-likeness (QED) is 0.850. The molecule has 0 unspecified atom stereocenters. The van der Waals surface area contributed by atoms with Crippen molar-refractivity contribution in [2.75, 3.05) is 16.6 Å². The van der Waals surface area contributed by atoms with Crippen LogP contribution in [-0.2, 0) is 16.4 Å². The molecule has 1 aromatic heterocycles. The molecule has 1 aliphatic heterocycles. The summed E-state index contributed by atoms with van der Waals surface area (Å²) < 4.78 is 28.0. The Morgan fingerprint density at radius 2 is 2.10 bits per heavy atom. The molecule has 2 aromatic rings. The van der Waals surface area contributed by atoms with E-state index >= 15 is 0 Å². The van der Waals surface area contributed by atoms with E-state index in [-0.39, 0.29) is 4.21 Å². The Labute approximate surface area is 133 Å². The maximum atomic E-state index is 12.8. The van der Waals surface area contributed by atoms with Crippen LogP contribution in [0.15, 0.2) is 28.5 Å². The summed E-state index contributed by atoms with van der Waals surface area (Å²) in [5.41, 5.74) is 8.93. The summed E-state index contributed by atoms with van der Waals surface area (Å²) in [6, 6.07) is 7.00. The van der Waals surface area contributed by atoms with E-state index in [1.165, 1.54) is 4.31 Å². The lowest BCUT2D eigenvalue weighted by atomic mass is 10.0. The van der Waals surface area contributed by atoms with Crippen molar-refractivity contribution in [2.24, 2.45) is 0 Å². The summed E-state index contributed by atoms with van der Waals surface area (Å²) in [4.78, 5) is 0. The van der Waals surface area contributed by atoms with E-state index in [1.54, 1.807) is 18.2 Å². The zero-order valence-corrected chi connectivity index (χ0v) is 13.9. The van der Waals surface area contributed by atoms with Crippen molar-refractivity contribution in [3.8, 4) is 0 Å². The number of nitrogen functional groups attached to an aromatic ring is 1. The number of thiophene rings is 1. The number of aryl methyl sites for hydroxylation is 2. The van der Waals surface area contributed by atoms with Gasteiger partial charge in [-0.1, -0.05) is 11.6 Å². The SMILES string of the molecule is Cc1cc(S(=O)(=O)N2CCCc3cc(N)ccc32)sc1Cl. The van der Waals surface area contributed by atoms with Gasteiger partial charge in [0.25, 0.3) is 10.0 Å². The second kappa shape index (κ2) is 5.19. The Morgan fingerprint density at radius 3 is 2.76 bits per heavy atom. The Kier molecular flexibility index (Phi) is 3.63. The molecule has 0 fully saturated rings. The Bertz CT molecular complexity index is 780. The van der Waals surface area contributed by atoms with E-state index < -0.39 is 10.0 Å². The number of hydrogen-bond acceptors (Lipinski definition) is 4. The molecule has 0 bridgehead atoms. The first-order valence-corrected chi connectivity index (χ1v) is 9.20. The fourth-order valence-corrected chi connectivity index (χ4v) is 5.86. The highest BCUT2D eigenvalue weighted by molar-refractivity contribution is 7.94. The molecule has 0 aliphatic carbocycles. The Balaban J connectivity index is 2.09. The molecule has 2 N–H and O–H groups in total. The van der Waals surface area contributed by atoms with Gasteiger partial charge in [0.1, 0.15) is 4.21 Å². The van der Waals surface area contributed by atoms with E-state index in [0.29, 0.717) is 16.6 Å². The average molecular weight is 343 g/mol. The number of fused-ring (bicyclic) bond motifs is 1. The molecule has 0 amide bonds. The van der Waals surface area contributed by atoms with E-state index in [4.69, 9.17) is 17.3 Å². The Morgan fingerprint density at radius 1 is 1.33 bits per heavy atom. The minimum Gasteiger partial charge on any atom is -0.399 e. The summed E-state index contributed by atoms with van der Waals surface area (Å²) in [7, 11) is -3.56. The zero-order valence-electron chi connectivity index (χ0n) is 11.5. The number of sulfonamides is 1. The predicted octanol–water partition coefficient (Wildman–Crippen LogP) is 3.43. The molecule has 0 saturated heterocycles. The molecule has 0 radical (unpaired) electrons. The monoisotopic (exact) mass is 342 g/mol. The maximum Gasteiger partial charge on any atom is 0.273 e. The van der Waals surface area contributed by atoms with Crippen LogP contribution in [0.5, 0.6) is 0 Å². The van der Waals surface area contributed by atoms with Gasteiger partial charge in [0.2, 0.25) is 0 Å². The molecule has 7 heteroatoms. The molecular weight excluding hydrogens is 328 g/mol. The third kappa shape index (κ3) is 2.52. The summed E-state index contributed by atoms with van der Waals surface area (Å²) in [6.07, 6.45) is 1.63. The van der Waals surface area contributed by atoms with Crippen LogP contribution in [0, 0.1) is 6.92 Å². The van der Waals surface area contributed by atoms with Crippen molar-refractivity contribution in [1.82, 2.24) is 0 Å². The lowest BCUT2D eigenvalue weighted by molar-refractivity contribution is 0.588. The van der Waals surface area contributed by atoms with Gasteiger partial charge in [0.15, 0.2) is 0 Å². The van der Waals surface area contributed by atoms with E-state index in [2.05, 4.69) is 0 Å². The van der Waals surface area contributed by atoms with Crippen molar-refractivity contribution < 1.29 is 8.42 Å². The van der Waals surface area contributed by atoms with Gasteiger partial charge in [-0.2, -0.15) is 0 Å². The van der Waals surface area contributed by atoms with Crippen molar-refractivity contribution in [1.29, 1.82) is 0 Å². The molecule has 0 spiro atoms. The molecule has 2 heterocycles. The fraction of sp³-hybridized carbons (Fsp3) is 0.286. The molecule has 0 atom stereocenters. The molecule has 21 heavy (non-hydrogen) atoms. The van der Waals surface area contributed by atoms with Gasteiger partial charge in [-0.15, -0.1) is 11.3 Å². The second-order valence-corrected chi connectivity index (χ2v) is 8.83. The third-order valence-corrected chi connectivity index (χ3v) is 7.38. The summed E-state index contributed by atoms with van der Waals surface area (Å²) in [5, 5.41) is 0. The van der Waals surface area contributed by atoms with Crippen molar-refractivity contribution in [3.05, 3.63) is 39.7 Å². The van der Waals surface area contributed by atoms with Gasteiger partial charge in [-0.25, -0.2) is 8.42 Å². The first-order chi connectivity index (χ1) is 9.89. The van der Waals surface area contributed by atoms with Gasteiger partial charge in [0, 0.05) is 12.2 Å². The molecular formula is C14H15ClN2O2S2. The lowest BCUT2D eigenvalue weighted by Gasteiger charge is -2.30. The van der Waals surface area contributed by atoms with Crippen molar-refractivity contribution >= 4 is 44.3 Å². The molecule has 112 valence electrons. The van der Waals surface area contributed by atoms with Crippen LogP contribution < -0.4 is 10.0 Å². The van der Waals surface area contributed by atoms with Crippen molar-refractivity contribution in [3.63, 3.8) is 0 Å². The Hall–Kier alpha value is -1.24. The molecule has 3 rings (SSSR count). The second-order valence-electron chi connectivity index (χ2n) is 5.09. The van der Waals surface area contributed by atoms with E-state index in [9.17, 15) is 8.42 Å². The number of hydrogen-bond donors (Lipinski definition) is 1. The highest BCUT2D eigenvalue weighted by Crippen LogP contribution is 2.37. The van der Waals surface area contributed by atoms with Crippen LogP contribution >= 0.6 is 22.9 Å². The lowest BCUT2D eigenvalue weighted by Crippen LogP contribution is -2.35. The smallest absolute Gasteiger partial charge is 0.273 e. The first-order valence-electron chi connectivity index (χ1n) is 6.56. The summed E-state index contributed by atoms with van der Waals surface area (Å²) in [5.74, 6) is 0. The first kappa shape index (κ1) is 14.7. The van der Waals surface area contributed by atoms with Gasteiger partial charge in [-0.3, -0.25) is 4.31 Å². The number of nitrogens with zero attached hydrogens (tertiary/aromatic N) is 1. The minimum absolute atomic E-state index is 0.287. The van der Waals surface area contributed by atoms with Gasteiger partial charge < -0.3 is 5.73 Å². The molecule has 0 saturated carbocycles. The average Bonchev–Trinajstić information content (AvgIpc) is 2.78. The number of nitrogens with two attached hydrogens (primary N) is 1. The topological polar surface area (TPSA) is 63.4 Å². The van der Waals surface area contributed by atoms with Gasteiger partial charge in [0.05, 0.1) is 10.0 Å². The standard InChI is InChI=1S/C14H15ClN2O2S2/c1-9-7-13(20-14(9)15)21(18,19)17-6-2-3-10-8-11(16)4-5-12(10)17/h4-5,7-8H,2-3,6,16H2,1H3. The minimum atomic E-state index is -3.56. The number of anilines is 2. The molecule has 4 nitrogen and oxygen atoms in total. The van der Waals surface area contributed by atoms with Gasteiger partial charge in [-0.05, 0) is 55.2 Å². The predicted molar refractivity (Wildman–Crippen MR) is 87.8 cm³/mol. The van der Waals surface area contributed by atoms with Gasteiger partial charge >= 0.3 is 0 Å². The zero-order chi connectivity index (χ0) is 15.2. The van der Waals surface area contributed by atoms with Crippen LogP contribution in [0.25, 0.3) is 0 Å². The number of halogens is 1. The van der Waals surface area contributed by atoms with Crippen molar-refractivity contribution in [2.45, 2.75) is 24.0 Å². The summed E-state index contributed by atoms with van der Waals surface area (Å²) >= 11 is 7.12. The van der Waals surface area contributed by atoms with E-state index in [1.807, 2.05) is 13.0 Å². The highest BCUT2D eigenvalue weighted by atomic mass is 35.5. The molecule has 1 aromatic carbocycles. The van der Waals surface area contributed by atoms with Crippen LogP contribution in [0.1, 0.15) is 17.5 Å². The number of benzene rings is 1. The van der Waals surface area contributed by atoms with Crippen LogP contribution in [0.2, 0.25) is 4.34 Å². The van der Waals surface area contributed by atoms with E-state index in [0.717, 1.165) is 41.0 Å². The fourth-order valence-electron chi connectivity index (χ4n) is 2.50. The maximum absolute atomic E-state index is 12.8. The third-order valence-electron chi connectivity index (χ3n) is 3.56. The normalized spacial score (nSPS) is 15.0. The number of rotatable bonds is 2. The highest BCUT2D eigenvalue weighted by Gasteiger charge is 2.30. The van der Waals surface area contributed by atoms with Crippen LogP contribution in [0.4, 0.5) is 11.4 Å².